The van der Waals surface area contributed by atoms with Crippen molar-refractivity contribution in [2.45, 2.75) is 13.8 Å². The number of aryl methyl sites for hydroxylation is 2. The predicted molar refractivity (Wildman–Crippen MR) is 86.0 cm³/mol. The summed E-state index contributed by atoms with van der Waals surface area (Å²) >= 11 is 0. The van der Waals surface area contributed by atoms with Gasteiger partial charge >= 0.3 is 0 Å². The van der Waals surface area contributed by atoms with Crippen LogP contribution in [0.3, 0.4) is 0 Å². The van der Waals surface area contributed by atoms with Crippen LogP contribution in [0.25, 0.3) is 0 Å². The minimum Gasteiger partial charge on any atom is -0.497 e. The first-order valence-corrected chi connectivity index (χ1v) is 6.83. The van der Waals surface area contributed by atoms with Crippen molar-refractivity contribution < 1.29 is 9.53 Å². The normalized spacial score (nSPS) is 10.0. The molecule has 0 aromatic heterocycles. The van der Waals surface area contributed by atoms with Crippen LogP contribution in [0.15, 0.2) is 42.5 Å². The molecule has 0 radical (unpaired) electrons. The zero-order valence-corrected chi connectivity index (χ0v) is 12.6. The third-order valence-electron chi connectivity index (χ3n) is 3.03. The topological polar surface area (TPSA) is 50.4 Å². The molecule has 4 heteroatoms. The maximum atomic E-state index is 11.9. The van der Waals surface area contributed by atoms with Gasteiger partial charge in [0.1, 0.15) is 5.75 Å². The zero-order valence-electron chi connectivity index (χ0n) is 12.6. The molecule has 2 N–H and O–H groups in total. The summed E-state index contributed by atoms with van der Waals surface area (Å²) in [5.41, 5.74) is 4.02. The van der Waals surface area contributed by atoms with Crippen LogP contribution >= 0.6 is 0 Å². The Labute approximate surface area is 125 Å². The van der Waals surface area contributed by atoms with Gasteiger partial charge in [-0.1, -0.05) is 12.1 Å². The van der Waals surface area contributed by atoms with Gasteiger partial charge in [-0.05, 0) is 49.2 Å². The number of hydrogen-bond acceptors (Lipinski definition) is 3. The van der Waals surface area contributed by atoms with E-state index in [9.17, 15) is 4.79 Å². The van der Waals surface area contributed by atoms with Gasteiger partial charge in [-0.2, -0.15) is 0 Å². The summed E-state index contributed by atoms with van der Waals surface area (Å²) in [5.74, 6) is 0.623. The molecule has 0 spiro atoms. The average Bonchev–Trinajstić information content (AvgIpc) is 2.44. The van der Waals surface area contributed by atoms with Gasteiger partial charge in [-0.15, -0.1) is 0 Å². The van der Waals surface area contributed by atoms with Gasteiger partial charge in [0.05, 0.1) is 13.7 Å². The fourth-order valence-electron chi connectivity index (χ4n) is 2.17. The Morgan fingerprint density at radius 2 is 1.76 bits per heavy atom. The first-order valence-electron chi connectivity index (χ1n) is 6.83. The highest BCUT2D eigenvalue weighted by Crippen LogP contribution is 2.17. The lowest BCUT2D eigenvalue weighted by atomic mass is 10.1. The molecule has 0 aliphatic carbocycles. The Morgan fingerprint density at radius 3 is 2.43 bits per heavy atom. The second-order valence-electron chi connectivity index (χ2n) is 5.01. The highest BCUT2D eigenvalue weighted by molar-refractivity contribution is 5.93. The lowest BCUT2D eigenvalue weighted by molar-refractivity contribution is -0.114. The van der Waals surface area contributed by atoms with Crippen molar-refractivity contribution in [2.75, 3.05) is 24.3 Å². The number of hydrogen-bond donors (Lipinski definition) is 2. The monoisotopic (exact) mass is 284 g/mol. The van der Waals surface area contributed by atoms with Crippen LogP contribution in [0.5, 0.6) is 5.75 Å². The third-order valence-corrected chi connectivity index (χ3v) is 3.03. The molecule has 2 rings (SSSR count). The molecule has 110 valence electrons. The van der Waals surface area contributed by atoms with Crippen molar-refractivity contribution in [2.24, 2.45) is 0 Å². The Balaban J connectivity index is 1.92. The summed E-state index contributed by atoms with van der Waals surface area (Å²) in [7, 11) is 1.60. The minimum absolute atomic E-state index is 0.0950. The summed E-state index contributed by atoms with van der Waals surface area (Å²) in [5, 5.41) is 5.97. The number of carbonyl (C=O) groups excluding carboxylic acids is 1. The molecule has 0 saturated heterocycles. The second kappa shape index (κ2) is 6.79. The first kappa shape index (κ1) is 14.9. The van der Waals surface area contributed by atoms with Gasteiger partial charge in [0.25, 0.3) is 0 Å². The Morgan fingerprint density at radius 1 is 1.05 bits per heavy atom. The van der Waals surface area contributed by atoms with Crippen LogP contribution < -0.4 is 15.4 Å². The van der Waals surface area contributed by atoms with Crippen LogP contribution in [0, 0.1) is 13.8 Å². The molecular formula is C17H20N2O2. The van der Waals surface area contributed by atoms with E-state index in [1.54, 1.807) is 13.2 Å². The van der Waals surface area contributed by atoms with Crippen LogP contribution in [-0.2, 0) is 4.79 Å². The SMILES string of the molecule is COc1cccc(NC(=O)CNc2cc(C)cc(C)c2)c1. The van der Waals surface area contributed by atoms with E-state index in [0.29, 0.717) is 0 Å². The number of amides is 1. The summed E-state index contributed by atoms with van der Waals surface area (Å²) in [6.07, 6.45) is 0. The predicted octanol–water partition coefficient (Wildman–Crippen LogP) is 3.36. The van der Waals surface area contributed by atoms with Crippen molar-refractivity contribution in [3.8, 4) is 5.75 Å². The number of benzene rings is 2. The highest BCUT2D eigenvalue weighted by Gasteiger charge is 2.04. The lowest BCUT2D eigenvalue weighted by Crippen LogP contribution is -2.21. The molecule has 0 aliphatic rings. The molecule has 0 aliphatic heterocycles. The van der Waals surface area contributed by atoms with Crippen LogP contribution in [0.1, 0.15) is 11.1 Å². The van der Waals surface area contributed by atoms with Gasteiger partial charge in [0.2, 0.25) is 5.91 Å². The molecule has 1 amide bonds. The van der Waals surface area contributed by atoms with Gasteiger partial charge in [0, 0.05) is 17.4 Å². The van der Waals surface area contributed by atoms with E-state index in [1.165, 1.54) is 11.1 Å². The number of anilines is 2. The molecule has 2 aromatic rings. The van der Waals surface area contributed by atoms with E-state index in [2.05, 4.69) is 16.7 Å². The molecular weight excluding hydrogens is 264 g/mol. The van der Waals surface area contributed by atoms with E-state index in [-0.39, 0.29) is 12.5 Å². The number of methoxy groups -OCH3 is 1. The quantitative estimate of drug-likeness (QED) is 0.885. The fraction of sp³-hybridized carbons (Fsp3) is 0.235. The van der Waals surface area contributed by atoms with Crippen molar-refractivity contribution >= 4 is 17.3 Å². The van der Waals surface area contributed by atoms with Crippen molar-refractivity contribution in [1.29, 1.82) is 0 Å². The summed E-state index contributed by atoms with van der Waals surface area (Å²) in [6, 6.07) is 13.4. The molecule has 4 nitrogen and oxygen atoms in total. The van der Waals surface area contributed by atoms with E-state index in [4.69, 9.17) is 4.74 Å². The molecule has 0 fully saturated rings. The summed E-state index contributed by atoms with van der Waals surface area (Å²) in [4.78, 5) is 11.9. The lowest BCUT2D eigenvalue weighted by Gasteiger charge is -2.10. The van der Waals surface area contributed by atoms with Crippen LogP contribution in [0.4, 0.5) is 11.4 Å². The molecule has 0 bridgehead atoms. The van der Waals surface area contributed by atoms with Gasteiger partial charge in [0.15, 0.2) is 0 Å². The smallest absolute Gasteiger partial charge is 0.243 e. The molecule has 0 heterocycles. The van der Waals surface area contributed by atoms with Crippen molar-refractivity contribution in [1.82, 2.24) is 0 Å². The zero-order chi connectivity index (χ0) is 15.2. The third kappa shape index (κ3) is 4.53. The highest BCUT2D eigenvalue weighted by atomic mass is 16.5. The van der Waals surface area contributed by atoms with Gasteiger partial charge < -0.3 is 15.4 Å². The maximum Gasteiger partial charge on any atom is 0.243 e. The van der Waals surface area contributed by atoms with Crippen molar-refractivity contribution in [3.05, 3.63) is 53.6 Å². The van der Waals surface area contributed by atoms with Crippen LogP contribution in [0.2, 0.25) is 0 Å². The molecule has 0 atom stereocenters. The van der Waals surface area contributed by atoms with E-state index in [1.807, 2.05) is 44.2 Å². The summed E-state index contributed by atoms with van der Waals surface area (Å²) < 4.78 is 5.13. The van der Waals surface area contributed by atoms with E-state index in [0.717, 1.165) is 17.1 Å². The van der Waals surface area contributed by atoms with E-state index < -0.39 is 0 Å². The molecule has 0 saturated carbocycles. The average molecular weight is 284 g/mol. The maximum absolute atomic E-state index is 11.9. The largest absolute Gasteiger partial charge is 0.497 e. The Bertz CT molecular complexity index is 618. The van der Waals surface area contributed by atoms with Gasteiger partial charge in [-0.3, -0.25) is 4.79 Å². The number of ether oxygens (including phenoxy) is 1. The summed E-state index contributed by atoms with van der Waals surface area (Å²) in [6.45, 7) is 4.29. The second-order valence-corrected chi connectivity index (χ2v) is 5.01. The fourth-order valence-corrected chi connectivity index (χ4v) is 2.17. The van der Waals surface area contributed by atoms with E-state index >= 15 is 0 Å². The van der Waals surface area contributed by atoms with Crippen LogP contribution in [-0.4, -0.2) is 19.6 Å². The molecule has 2 aromatic carbocycles. The Kier molecular flexibility index (Phi) is 4.82. The molecule has 0 unspecified atom stereocenters. The number of carbonyl (C=O) groups is 1. The Hall–Kier alpha value is -2.49. The molecule has 21 heavy (non-hydrogen) atoms. The van der Waals surface area contributed by atoms with Crippen molar-refractivity contribution in [3.63, 3.8) is 0 Å². The number of rotatable bonds is 5. The van der Waals surface area contributed by atoms with Gasteiger partial charge in [-0.25, -0.2) is 0 Å². The first-order chi connectivity index (χ1) is 10.1. The number of nitrogens with one attached hydrogen (secondary N) is 2. The standard InChI is InChI=1S/C17H20N2O2/c1-12-7-13(2)9-15(8-12)18-11-17(20)19-14-5-4-6-16(10-14)21-3/h4-10,18H,11H2,1-3H3,(H,19,20). The minimum atomic E-state index is -0.0950.